The third kappa shape index (κ3) is 8.54. The normalized spacial score (nSPS) is 12.1. The highest BCUT2D eigenvalue weighted by atomic mass is 127. The summed E-state index contributed by atoms with van der Waals surface area (Å²) >= 11 is 0. The quantitative estimate of drug-likeness (QED) is 0.352. The van der Waals surface area contributed by atoms with Gasteiger partial charge in [0.2, 0.25) is 0 Å². The zero-order valence-electron chi connectivity index (χ0n) is 14.2. The number of nitrogens with one attached hydrogen (secondary N) is 2. The molecule has 1 heterocycles. The van der Waals surface area contributed by atoms with Gasteiger partial charge in [0.15, 0.2) is 15.8 Å². The van der Waals surface area contributed by atoms with E-state index in [0.29, 0.717) is 31.6 Å². The van der Waals surface area contributed by atoms with Crippen molar-refractivity contribution in [2.75, 3.05) is 24.6 Å². The van der Waals surface area contributed by atoms with Crippen LogP contribution in [0.3, 0.4) is 0 Å². The Morgan fingerprint density at radius 1 is 1.35 bits per heavy atom. The van der Waals surface area contributed by atoms with Crippen molar-refractivity contribution in [2.24, 2.45) is 4.99 Å². The zero-order chi connectivity index (χ0) is 16.6. The van der Waals surface area contributed by atoms with E-state index in [-0.39, 0.29) is 35.5 Å². The monoisotopic (exact) mass is 457 g/mol. The fraction of sp³-hybridized carbons (Fsp3) is 0.714. The highest BCUT2D eigenvalue weighted by Gasteiger charge is 2.07. The second kappa shape index (κ2) is 10.8. The van der Waals surface area contributed by atoms with Crippen LogP contribution in [0.4, 0.5) is 0 Å². The summed E-state index contributed by atoms with van der Waals surface area (Å²) < 4.78 is 24.8. The van der Waals surface area contributed by atoms with E-state index in [9.17, 15) is 8.42 Å². The molecule has 1 rings (SSSR count). The van der Waals surface area contributed by atoms with E-state index in [1.165, 1.54) is 0 Å². The van der Waals surface area contributed by atoms with E-state index in [4.69, 9.17) is 0 Å². The summed E-state index contributed by atoms with van der Waals surface area (Å²) in [6, 6.07) is 2.26. The molecule has 0 fully saturated rings. The second-order valence-electron chi connectivity index (χ2n) is 5.24. The smallest absolute Gasteiger partial charge is 0.191 e. The lowest BCUT2D eigenvalue weighted by Crippen LogP contribution is -2.39. The van der Waals surface area contributed by atoms with E-state index in [1.54, 1.807) is 6.92 Å². The Morgan fingerprint density at radius 3 is 2.57 bits per heavy atom. The SMILES string of the molecule is CCNC(=NCc1ccn(C(C)C)n1)NCCS(=O)(=O)CC.I. The van der Waals surface area contributed by atoms with Crippen molar-refractivity contribution in [1.29, 1.82) is 0 Å². The van der Waals surface area contributed by atoms with Gasteiger partial charge < -0.3 is 10.6 Å². The van der Waals surface area contributed by atoms with Crippen LogP contribution in [0.15, 0.2) is 17.3 Å². The molecule has 0 unspecified atom stereocenters. The third-order valence-corrected chi connectivity index (χ3v) is 4.79. The molecule has 0 amide bonds. The van der Waals surface area contributed by atoms with Gasteiger partial charge in [-0.05, 0) is 26.8 Å². The van der Waals surface area contributed by atoms with Crippen LogP contribution < -0.4 is 10.6 Å². The number of guanidine groups is 1. The molecule has 1 aromatic heterocycles. The molecule has 0 spiro atoms. The third-order valence-electron chi connectivity index (χ3n) is 3.08. The van der Waals surface area contributed by atoms with Crippen LogP contribution in [-0.4, -0.2) is 48.8 Å². The Hall–Kier alpha value is -0.840. The summed E-state index contributed by atoms with van der Waals surface area (Å²) in [5, 5.41) is 10.6. The Balaban J connectivity index is 0.00000484. The molecule has 0 aliphatic rings. The average molecular weight is 457 g/mol. The first kappa shape index (κ1) is 22.2. The first-order valence-corrected chi connectivity index (χ1v) is 9.46. The van der Waals surface area contributed by atoms with Crippen molar-refractivity contribution in [3.8, 4) is 0 Å². The summed E-state index contributed by atoms with van der Waals surface area (Å²) in [5.41, 5.74) is 0.882. The van der Waals surface area contributed by atoms with E-state index >= 15 is 0 Å². The lowest BCUT2D eigenvalue weighted by molar-refractivity contribution is 0.526. The Morgan fingerprint density at radius 2 is 2.04 bits per heavy atom. The molecule has 1 aromatic rings. The molecule has 0 aliphatic heterocycles. The van der Waals surface area contributed by atoms with Crippen LogP contribution in [0.25, 0.3) is 0 Å². The van der Waals surface area contributed by atoms with Gasteiger partial charge in [0.25, 0.3) is 0 Å². The standard InChI is InChI=1S/C14H27N5O2S.HI/c1-5-15-14(16-8-10-22(20,21)6-2)17-11-13-7-9-19(18-13)12(3)4;/h7,9,12H,5-6,8,10-11H2,1-4H3,(H2,15,16,17);1H. The van der Waals surface area contributed by atoms with Crippen molar-refractivity contribution < 1.29 is 8.42 Å². The van der Waals surface area contributed by atoms with Gasteiger partial charge in [-0.15, -0.1) is 24.0 Å². The van der Waals surface area contributed by atoms with Gasteiger partial charge in [-0.25, -0.2) is 13.4 Å². The molecule has 0 radical (unpaired) electrons. The Labute approximate surface area is 156 Å². The first-order valence-electron chi connectivity index (χ1n) is 7.64. The molecule has 0 aromatic carbocycles. The van der Waals surface area contributed by atoms with Crippen molar-refractivity contribution in [3.05, 3.63) is 18.0 Å². The largest absolute Gasteiger partial charge is 0.357 e. The summed E-state index contributed by atoms with van der Waals surface area (Å²) in [7, 11) is -2.96. The van der Waals surface area contributed by atoms with E-state index in [1.807, 2.05) is 23.9 Å². The molecular weight excluding hydrogens is 429 g/mol. The molecule has 0 bridgehead atoms. The van der Waals surface area contributed by atoms with Crippen molar-refractivity contribution in [1.82, 2.24) is 20.4 Å². The zero-order valence-corrected chi connectivity index (χ0v) is 17.4. The van der Waals surface area contributed by atoms with Crippen LogP contribution in [-0.2, 0) is 16.4 Å². The van der Waals surface area contributed by atoms with Crippen LogP contribution >= 0.6 is 24.0 Å². The van der Waals surface area contributed by atoms with Crippen LogP contribution in [0.5, 0.6) is 0 Å². The highest BCUT2D eigenvalue weighted by Crippen LogP contribution is 2.04. The molecule has 0 saturated heterocycles. The molecule has 0 saturated carbocycles. The van der Waals surface area contributed by atoms with Gasteiger partial charge in [-0.2, -0.15) is 5.10 Å². The predicted octanol–water partition coefficient (Wildman–Crippen LogP) is 1.57. The molecule has 7 nitrogen and oxygen atoms in total. The Bertz CT molecular complexity index is 584. The number of halogens is 1. The maximum atomic E-state index is 11.5. The van der Waals surface area contributed by atoms with E-state index < -0.39 is 9.84 Å². The summed E-state index contributed by atoms with van der Waals surface area (Å²) in [5.74, 6) is 0.873. The van der Waals surface area contributed by atoms with Crippen LogP contribution in [0.1, 0.15) is 39.4 Å². The fourth-order valence-electron chi connectivity index (χ4n) is 1.72. The molecule has 134 valence electrons. The molecule has 0 aliphatic carbocycles. The van der Waals surface area contributed by atoms with Crippen molar-refractivity contribution >= 4 is 39.8 Å². The van der Waals surface area contributed by atoms with Crippen LogP contribution in [0.2, 0.25) is 0 Å². The topological polar surface area (TPSA) is 88.4 Å². The molecule has 9 heteroatoms. The van der Waals surface area contributed by atoms with E-state index in [0.717, 1.165) is 5.69 Å². The summed E-state index contributed by atoms with van der Waals surface area (Å²) in [6.45, 7) is 9.28. The molecule has 0 atom stereocenters. The molecule has 23 heavy (non-hydrogen) atoms. The van der Waals surface area contributed by atoms with Gasteiger partial charge >= 0.3 is 0 Å². The lowest BCUT2D eigenvalue weighted by Gasteiger charge is -2.10. The van der Waals surface area contributed by atoms with Gasteiger partial charge in [-0.1, -0.05) is 6.92 Å². The molecule has 2 N–H and O–H groups in total. The first-order chi connectivity index (χ1) is 10.4. The second-order valence-corrected chi connectivity index (χ2v) is 7.71. The number of nitrogens with zero attached hydrogens (tertiary/aromatic N) is 3. The maximum absolute atomic E-state index is 11.5. The molecular formula is C14H28IN5O2S. The minimum absolute atomic E-state index is 0. The summed E-state index contributed by atoms with van der Waals surface area (Å²) in [4.78, 5) is 4.43. The maximum Gasteiger partial charge on any atom is 0.191 e. The van der Waals surface area contributed by atoms with Crippen LogP contribution in [0, 0.1) is 0 Å². The van der Waals surface area contributed by atoms with Crippen molar-refractivity contribution in [2.45, 2.75) is 40.3 Å². The average Bonchev–Trinajstić information content (AvgIpc) is 2.94. The lowest BCUT2D eigenvalue weighted by atomic mass is 10.4. The van der Waals surface area contributed by atoms with Gasteiger partial charge in [0.1, 0.15) is 0 Å². The number of aromatic nitrogens is 2. The van der Waals surface area contributed by atoms with Gasteiger partial charge in [-0.3, -0.25) is 4.68 Å². The van der Waals surface area contributed by atoms with Gasteiger partial charge in [0.05, 0.1) is 18.0 Å². The minimum atomic E-state index is -2.96. The predicted molar refractivity (Wildman–Crippen MR) is 105 cm³/mol. The van der Waals surface area contributed by atoms with E-state index in [2.05, 4.69) is 34.6 Å². The van der Waals surface area contributed by atoms with Gasteiger partial charge in [0, 0.05) is 31.1 Å². The number of aliphatic imine (C=N–C) groups is 1. The Kier molecular flexibility index (Phi) is 10.4. The number of sulfone groups is 1. The summed E-state index contributed by atoms with van der Waals surface area (Å²) in [6.07, 6.45) is 1.93. The number of rotatable bonds is 8. The highest BCUT2D eigenvalue weighted by molar-refractivity contribution is 14.0. The van der Waals surface area contributed by atoms with Crippen molar-refractivity contribution in [3.63, 3.8) is 0 Å². The minimum Gasteiger partial charge on any atom is -0.357 e. The number of hydrogen-bond acceptors (Lipinski definition) is 4. The number of hydrogen-bond donors (Lipinski definition) is 2. The fourth-order valence-corrected chi connectivity index (χ4v) is 2.42.